The van der Waals surface area contributed by atoms with Crippen LogP contribution >= 0.6 is 0 Å². The summed E-state index contributed by atoms with van der Waals surface area (Å²) in [6, 6.07) is 10.5. The third-order valence-corrected chi connectivity index (χ3v) is 8.10. The van der Waals surface area contributed by atoms with Crippen molar-refractivity contribution >= 4 is 29.4 Å². The Hall–Kier alpha value is -3.73. The number of carbonyl (C=O) groups excluding carboxylic acids is 4. The van der Waals surface area contributed by atoms with Crippen LogP contribution in [-0.2, 0) is 34.8 Å². The number of amides is 2. The van der Waals surface area contributed by atoms with Gasteiger partial charge in [0.25, 0.3) is 0 Å². The second-order valence-corrected chi connectivity index (χ2v) is 9.98. The van der Waals surface area contributed by atoms with Gasteiger partial charge in [0, 0.05) is 18.9 Å². The van der Waals surface area contributed by atoms with Crippen LogP contribution in [-0.4, -0.2) is 52.9 Å². The fourth-order valence-electron chi connectivity index (χ4n) is 6.77. The molecule has 8 nitrogen and oxygen atoms in total. The summed E-state index contributed by atoms with van der Waals surface area (Å²) in [5, 5.41) is 0. The van der Waals surface area contributed by atoms with Crippen LogP contribution in [0.15, 0.2) is 54.6 Å². The summed E-state index contributed by atoms with van der Waals surface area (Å²) >= 11 is 0. The number of alkyl halides is 3. The lowest BCUT2D eigenvalue weighted by Crippen LogP contribution is -2.64. The Morgan fingerprint density at radius 2 is 1.74 bits per heavy atom. The Bertz CT molecular complexity index is 1330. The van der Waals surface area contributed by atoms with Gasteiger partial charge in [0.1, 0.15) is 17.7 Å². The molecule has 4 fully saturated rings. The fraction of sp³-hybridized carbons (Fsp3) is 0.407. The number of carbonyl (C=O) groups is 4. The molecule has 0 radical (unpaired) electrons. The molecule has 2 aromatic rings. The number of piperidine rings is 1. The molecule has 198 valence electrons. The van der Waals surface area contributed by atoms with Gasteiger partial charge in [-0.1, -0.05) is 30.3 Å². The summed E-state index contributed by atoms with van der Waals surface area (Å²) in [5.74, 6) is -4.91. The lowest BCUT2D eigenvalue weighted by atomic mass is 9.74. The van der Waals surface area contributed by atoms with Gasteiger partial charge in [0.05, 0.1) is 29.7 Å². The molecule has 0 spiro atoms. The fourth-order valence-corrected chi connectivity index (χ4v) is 6.77. The molecule has 6 atom stereocenters. The summed E-state index contributed by atoms with van der Waals surface area (Å²) in [6.45, 7) is 1.60. The minimum atomic E-state index is -4.58. The Balaban J connectivity index is 1.56. The number of imide groups is 1. The van der Waals surface area contributed by atoms with E-state index in [0.717, 1.165) is 17.0 Å². The SMILES string of the molecule is CCOC(=O)[C@]12C[C@H]3C[C@H](C(=O)O3)N1[C@H](c1ccc(C(F)(F)F)cc1)[C@@H]1C(=O)N(c3ccccc3)C(=O)[C@@H]12. The van der Waals surface area contributed by atoms with Crippen molar-refractivity contribution in [3.05, 3.63) is 65.7 Å². The predicted octanol–water partition coefficient (Wildman–Crippen LogP) is 3.26. The minimum Gasteiger partial charge on any atom is -0.465 e. The van der Waals surface area contributed by atoms with Crippen molar-refractivity contribution in [3.63, 3.8) is 0 Å². The number of nitrogens with zero attached hydrogens (tertiary/aromatic N) is 2. The van der Waals surface area contributed by atoms with Crippen LogP contribution in [0.3, 0.4) is 0 Å². The van der Waals surface area contributed by atoms with Crippen molar-refractivity contribution in [2.24, 2.45) is 11.8 Å². The largest absolute Gasteiger partial charge is 0.465 e. The molecule has 0 aromatic heterocycles. The number of benzene rings is 2. The number of hydrogen-bond acceptors (Lipinski definition) is 7. The van der Waals surface area contributed by atoms with E-state index in [-0.39, 0.29) is 25.0 Å². The number of rotatable bonds is 4. The first-order valence-corrected chi connectivity index (χ1v) is 12.4. The zero-order valence-electron chi connectivity index (χ0n) is 20.2. The average Bonchev–Trinajstić information content (AvgIpc) is 3.46. The molecule has 2 amide bonds. The van der Waals surface area contributed by atoms with E-state index in [1.807, 2.05) is 0 Å². The van der Waals surface area contributed by atoms with Gasteiger partial charge < -0.3 is 9.47 Å². The van der Waals surface area contributed by atoms with Crippen LogP contribution in [0.4, 0.5) is 18.9 Å². The number of hydrogen-bond donors (Lipinski definition) is 0. The summed E-state index contributed by atoms with van der Waals surface area (Å²) in [6.07, 6.45) is -5.06. The second kappa shape index (κ2) is 8.39. The third kappa shape index (κ3) is 3.27. The number of halogens is 3. The zero-order chi connectivity index (χ0) is 27.0. The molecule has 4 aliphatic heterocycles. The Morgan fingerprint density at radius 1 is 1.05 bits per heavy atom. The first-order valence-electron chi connectivity index (χ1n) is 12.4. The van der Waals surface area contributed by atoms with Crippen molar-refractivity contribution in [1.29, 1.82) is 0 Å². The molecule has 4 heterocycles. The molecule has 4 saturated heterocycles. The van der Waals surface area contributed by atoms with E-state index < -0.39 is 71.1 Å². The van der Waals surface area contributed by atoms with E-state index in [4.69, 9.17) is 9.47 Å². The van der Waals surface area contributed by atoms with E-state index in [1.165, 1.54) is 17.0 Å². The van der Waals surface area contributed by atoms with Crippen molar-refractivity contribution < 1.29 is 41.8 Å². The number of para-hydroxylation sites is 1. The van der Waals surface area contributed by atoms with Crippen LogP contribution in [0.2, 0.25) is 0 Å². The molecule has 0 N–H and O–H groups in total. The first-order chi connectivity index (χ1) is 18.1. The summed E-state index contributed by atoms with van der Waals surface area (Å²) < 4.78 is 50.9. The topological polar surface area (TPSA) is 93.2 Å². The zero-order valence-corrected chi connectivity index (χ0v) is 20.2. The second-order valence-electron chi connectivity index (χ2n) is 9.98. The summed E-state index contributed by atoms with van der Waals surface area (Å²) in [4.78, 5) is 57.3. The van der Waals surface area contributed by atoms with Gasteiger partial charge in [-0.3, -0.25) is 24.1 Å². The highest BCUT2D eigenvalue weighted by Gasteiger charge is 2.77. The van der Waals surface area contributed by atoms with Gasteiger partial charge in [0.2, 0.25) is 11.8 Å². The van der Waals surface area contributed by atoms with Crippen LogP contribution in [0.5, 0.6) is 0 Å². The average molecular weight is 528 g/mol. The Morgan fingerprint density at radius 3 is 2.37 bits per heavy atom. The smallest absolute Gasteiger partial charge is 0.416 e. The maximum atomic E-state index is 14.0. The van der Waals surface area contributed by atoms with Gasteiger partial charge in [-0.2, -0.15) is 13.2 Å². The summed E-state index contributed by atoms with van der Waals surface area (Å²) in [5.41, 5.74) is -1.98. The van der Waals surface area contributed by atoms with E-state index >= 15 is 0 Å². The molecule has 0 aliphatic carbocycles. The maximum Gasteiger partial charge on any atom is 0.416 e. The van der Waals surface area contributed by atoms with E-state index in [1.54, 1.807) is 37.3 Å². The quantitative estimate of drug-likeness (QED) is 0.444. The molecule has 11 heteroatoms. The third-order valence-electron chi connectivity index (χ3n) is 8.10. The van der Waals surface area contributed by atoms with Gasteiger partial charge in [0.15, 0.2) is 0 Å². The van der Waals surface area contributed by atoms with Crippen LogP contribution in [0, 0.1) is 11.8 Å². The van der Waals surface area contributed by atoms with E-state index in [2.05, 4.69) is 0 Å². The summed E-state index contributed by atoms with van der Waals surface area (Å²) in [7, 11) is 0. The van der Waals surface area contributed by atoms with Gasteiger partial charge in [-0.15, -0.1) is 0 Å². The number of ether oxygens (including phenoxy) is 2. The first kappa shape index (κ1) is 24.6. The normalized spacial score (nSPS) is 32.3. The van der Waals surface area contributed by atoms with Gasteiger partial charge in [-0.25, -0.2) is 4.90 Å². The number of anilines is 1. The lowest BCUT2D eigenvalue weighted by Gasteiger charge is -2.46. The van der Waals surface area contributed by atoms with Gasteiger partial charge in [-0.05, 0) is 36.8 Å². The van der Waals surface area contributed by atoms with E-state index in [0.29, 0.717) is 5.69 Å². The van der Waals surface area contributed by atoms with Crippen molar-refractivity contribution in [2.45, 2.75) is 49.7 Å². The van der Waals surface area contributed by atoms with Crippen LogP contribution < -0.4 is 4.90 Å². The minimum absolute atomic E-state index is 0.00850. The highest BCUT2D eigenvalue weighted by molar-refractivity contribution is 6.24. The van der Waals surface area contributed by atoms with E-state index in [9.17, 15) is 32.3 Å². The molecule has 4 aliphatic rings. The number of fused-ring (bicyclic) bond motifs is 6. The molecule has 0 unspecified atom stereocenters. The van der Waals surface area contributed by atoms with Crippen LogP contribution in [0.1, 0.15) is 36.9 Å². The monoisotopic (exact) mass is 528 g/mol. The van der Waals surface area contributed by atoms with Gasteiger partial charge >= 0.3 is 18.1 Å². The highest BCUT2D eigenvalue weighted by Crippen LogP contribution is 2.61. The highest BCUT2D eigenvalue weighted by atomic mass is 19.4. The predicted molar refractivity (Wildman–Crippen MR) is 124 cm³/mol. The number of esters is 2. The molecule has 38 heavy (non-hydrogen) atoms. The molecule has 6 rings (SSSR count). The molecule has 2 aromatic carbocycles. The molecular weight excluding hydrogens is 505 g/mol. The van der Waals surface area contributed by atoms with Crippen LogP contribution in [0.25, 0.3) is 0 Å². The van der Waals surface area contributed by atoms with Crippen molar-refractivity contribution in [1.82, 2.24) is 4.90 Å². The molecular formula is C27H23F3N2O6. The lowest BCUT2D eigenvalue weighted by molar-refractivity contribution is -0.167. The standard InChI is InChI=1S/C27H23F3N2O6/c1-2-37-25(36)26-13-17-12-18(24(35)38-17)32(26)21(14-8-10-15(11-9-14)27(28,29)30)19-20(26)23(34)31(22(19)33)16-6-4-3-5-7-16/h3-11,17-21H,2,12-13H2,1H3/t17-,18-,19-,20-,21-,26-/m1/s1. The Kier molecular flexibility index (Phi) is 5.43. The molecule has 2 bridgehead atoms. The van der Waals surface area contributed by atoms with Crippen molar-refractivity contribution in [2.75, 3.05) is 11.5 Å². The maximum absolute atomic E-state index is 14.0. The Labute approximate surface area is 215 Å². The van der Waals surface area contributed by atoms with Crippen molar-refractivity contribution in [3.8, 4) is 0 Å². The molecule has 0 saturated carbocycles.